The van der Waals surface area contributed by atoms with E-state index in [0.717, 1.165) is 13.1 Å². The van der Waals surface area contributed by atoms with Gasteiger partial charge in [-0.2, -0.15) is 0 Å². The van der Waals surface area contributed by atoms with E-state index in [4.69, 9.17) is 16.3 Å². The van der Waals surface area contributed by atoms with E-state index in [2.05, 4.69) is 17.3 Å². The summed E-state index contributed by atoms with van der Waals surface area (Å²) < 4.78 is 5.20. The van der Waals surface area contributed by atoms with E-state index >= 15 is 0 Å². The van der Waals surface area contributed by atoms with Crippen LogP contribution in [0.1, 0.15) is 23.2 Å². The minimum Gasteiger partial charge on any atom is -0.496 e. The van der Waals surface area contributed by atoms with Crippen LogP contribution < -0.4 is 10.1 Å². The second-order valence-electron chi connectivity index (χ2n) is 5.33. The van der Waals surface area contributed by atoms with Crippen molar-refractivity contribution >= 4 is 17.5 Å². The number of carbonyl (C=O) groups excluding carboxylic acids is 1. The zero-order valence-corrected chi connectivity index (χ0v) is 12.7. The summed E-state index contributed by atoms with van der Waals surface area (Å²) in [6, 6.07) is 5.06. The minimum absolute atomic E-state index is 0.105. The highest BCUT2D eigenvalue weighted by Gasteiger charge is 2.19. The highest BCUT2D eigenvalue weighted by atomic mass is 35.5. The van der Waals surface area contributed by atoms with Crippen molar-refractivity contribution in [2.45, 2.75) is 12.8 Å². The van der Waals surface area contributed by atoms with E-state index in [1.807, 2.05) is 0 Å². The Kier molecular flexibility index (Phi) is 5.26. The van der Waals surface area contributed by atoms with E-state index in [0.29, 0.717) is 28.8 Å². The Labute approximate surface area is 125 Å². The van der Waals surface area contributed by atoms with Gasteiger partial charge in [-0.3, -0.25) is 4.79 Å². The van der Waals surface area contributed by atoms with Crippen LogP contribution in [0.5, 0.6) is 5.75 Å². The predicted molar refractivity (Wildman–Crippen MR) is 80.6 cm³/mol. The molecule has 1 atom stereocenters. The van der Waals surface area contributed by atoms with E-state index in [1.54, 1.807) is 25.3 Å². The van der Waals surface area contributed by atoms with Gasteiger partial charge >= 0.3 is 0 Å². The number of rotatable bonds is 4. The molecule has 0 bridgehead atoms. The average Bonchev–Trinajstić information content (AvgIpc) is 2.44. The molecule has 1 aromatic rings. The number of carbonyl (C=O) groups is 1. The van der Waals surface area contributed by atoms with Crippen LogP contribution in [0.3, 0.4) is 0 Å². The molecule has 2 rings (SSSR count). The first kappa shape index (κ1) is 15.1. The Bertz CT molecular complexity index is 479. The van der Waals surface area contributed by atoms with Gasteiger partial charge in [0.1, 0.15) is 5.75 Å². The topological polar surface area (TPSA) is 41.6 Å². The Morgan fingerprint density at radius 1 is 1.55 bits per heavy atom. The normalized spacial score (nSPS) is 19.6. The van der Waals surface area contributed by atoms with Crippen molar-refractivity contribution < 1.29 is 9.53 Å². The van der Waals surface area contributed by atoms with Crippen molar-refractivity contribution in [1.82, 2.24) is 10.2 Å². The van der Waals surface area contributed by atoms with Gasteiger partial charge in [-0.25, -0.2) is 0 Å². The molecule has 0 saturated carbocycles. The molecule has 1 fully saturated rings. The molecule has 110 valence electrons. The van der Waals surface area contributed by atoms with Crippen LogP contribution in [-0.2, 0) is 0 Å². The van der Waals surface area contributed by atoms with Gasteiger partial charge in [-0.05, 0) is 50.6 Å². The molecule has 0 spiro atoms. The summed E-state index contributed by atoms with van der Waals surface area (Å²) in [6.45, 7) is 2.89. The summed E-state index contributed by atoms with van der Waals surface area (Å²) in [5, 5.41) is 3.56. The first-order valence-corrected chi connectivity index (χ1v) is 7.28. The van der Waals surface area contributed by atoms with Crippen LogP contribution in [0, 0.1) is 5.92 Å². The fraction of sp³-hybridized carbons (Fsp3) is 0.533. The molecule has 4 nitrogen and oxygen atoms in total. The summed E-state index contributed by atoms with van der Waals surface area (Å²) in [5.41, 5.74) is 0.529. The first-order chi connectivity index (χ1) is 9.60. The highest BCUT2D eigenvalue weighted by Crippen LogP contribution is 2.23. The van der Waals surface area contributed by atoms with Gasteiger partial charge in [-0.15, -0.1) is 0 Å². The van der Waals surface area contributed by atoms with Crippen LogP contribution in [0.2, 0.25) is 5.02 Å². The number of ether oxygens (including phenoxy) is 1. The molecule has 0 unspecified atom stereocenters. The van der Waals surface area contributed by atoms with Gasteiger partial charge in [0.2, 0.25) is 0 Å². The second-order valence-corrected chi connectivity index (χ2v) is 5.76. The molecule has 5 heteroatoms. The maximum atomic E-state index is 12.2. The van der Waals surface area contributed by atoms with Crippen molar-refractivity contribution in [2.75, 3.05) is 33.8 Å². The minimum atomic E-state index is -0.105. The van der Waals surface area contributed by atoms with Gasteiger partial charge in [0.15, 0.2) is 0 Å². The molecular formula is C15H21ClN2O2. The maximum absolute atomic E-state index is 12.2. The molecule has 1 amide bonds. The third-order valence-electron chi connectivity index (χ3n) is 3.68. The van der Waals surface area contributed by atoms with Gasteiger partial charge < -0.3 is 15.0 Å². The highest BCUT2D eigenvalue weighted by molar-refractivity contribution is 6.30. The fourth-order valence-electron chi connectivity index (χ4n) is 2.62. The molecular weight excluding hydrogens is 276 g/mol. The number of nitrogens with zero attached hydrogens (tertiary/aromatic N) is 1. The van der Waals surface area contributed by atoms with Crippen molar-refractivity contribution in [2.24, 2.45) is 5.92 Å². The van der Waals surface area contributed by atoms with Gasteiger partial charge in [0.05, 0.1) is 12.7 Å². The molecule has 1 heterocycles. The van der Waals surface area contributed by atoms with Crippen molar-refractivity contribution in [3.63, 3.8) is 0 Å². The first-order valence-electron chi connectivity index (χ1n) is 6.90. The van der Waals surface area contributed by atoms with E-state index in [1.165, 1.54) is 12.8 Å². The largest absolute Gasteiger partial charge is 0.496 e. The van der Waals surface area contributed by atoms with E-state index in [-0.39, 0.29) is 5.91 Å². The lowest BCUT2D eigenvalue weighted by molar-refractivity contribution is 0.0934. The Morgan fingerprint density at radius 2 is 2.35 bits per heavy atom. The van der Waals surface area contributed by atoms with E-state index in [9.17, 15) is 4.79 Å². The number of piperidine rings is 1. The van der Waals surface area contributed by atoms with Crippen LogP contribution in [-0.4, -0.2) is 44.6 Å². The molecule has 1 aliphatic rings. The average molecular weight is 297 g/mol. The quantitative estimate of drug-likeness (QED) is 0.928. The third-order valence-corrected chi connectivity index (χ3v) is 3.92. The van der Waals surface area contributed by atoms with Crippen molar-refractivity contribution in [1.29, 1.82) is 0 Å². The number of methoxy groups -OCH3 is 1. The smallest absolute Gasteiger partial charge is 0.255 e. The monoisotopic (exact) mass is 296 g/mol. The predicted octanol–water partition coefficient (Wildman–Crippen LogP) is 2.42. The molecule has 1 saturated heterocycles. The number of hydrogen-bond acceptors (Lipinski definition) is 3. The summed E-state index contributed by atoms with van der Waals surface area (Å²) in [4.78, 5) is 14.5. The SMILES string of the molecule is COc1cc(Cl)ccc1C(=O)NC[C@@H]1CCCN(C)C1. The van der Waals surface area contributed by atoms with Gasteiger partial charge in [-0.1, -0.05) is 11.6 Å². The summed E-state index contributed by atoms with van der Waals surface area (Å²) in [5.74, 6) is 0.929. The zero-order valence-electron chi connectivity index (χ0n) is 12.0. The number of benzene rings is 1. The lowest BCUT2D eigenvalue weighted by Crippen LogP contribution is -2.39. The van der Waals surface area contributed by atoms with Crippen molar-refractivity contribution in [3.8, 4) is 5.75 Å². The molecule has 0 radical (unpaired) electrons. The molecule has 1 aliphatic heterocycles. The van der Waals surface area contributed by atoms with Gasteiger partial charge in [0, 0.05) is 18.1 Å². The molecule has 20 heavy (non-hydrogen) atoms. The molecule has 0 aliphatic carbocycles. The Morgan fingerprint density at radius 3 is 3.05 bits per heavy atom. The number of halogens is 1. The van der Waals surface area contributed by atoms with Crippen molar-refractivity contribution in [3.05, 3.63) is 28.8 Å². The lowest BCUT2D eigenvalue weighted by Gasteiger charge is -2.29. The molecule has 1 aromatic carbocycles. The maximum Gasteiger partial charge on any atom is 0.255 e. The number of hydrogen-bond donors (Lipinski definition) is 1. The lowest BCUT2D eigenvalue weighted by atomic mass is 9.98. The third kappa shape index (κ3) is 3.87. The second kappa shape index (κ2) is 6.95. The Balaban J connectivity index is 1.94. The molecule has 1 N–H and O–H groups in total. The Hall–Kier alpha value is -1.26. The standard InChI is InChI=1S/C15H21ClN2O2/c1-18-7-3-4-11(10-18)9-17-15(19)13-6-5-12(16)8-14(13)20-2/h5-6,8,11H,3-4,7,9-10H2,1-2H3,(H,17,19)/t11-/m0/s1. The van der Waals surface area contributed by atoms with Crippen LogP contribution in [0.15, 0.2) is 18.2 Å². The fourth-order valence-corrected chi connectivity index (χ4v) is 2.79. The summed E-state index contributed by atoms with van der Waals surface area (Å²) in [7, 11) is 3.66. The number of amides is 1. The zero-order chi connectivity index (χ0) is 14.5. The number of nitrogens with one attached hydrogen (secondary N) is 1. The van der Waals surface area contributed by atoms with E-state index < -0.39 is 0 Å². The van der Waals surface area contributed by atoms with Crippen LogP contribution in [0.25, 0.3) is 0 Å². The number of likely N-dealkylation sites (tertiary alicyclic amines) is 1. The van der Waals surface area contributed by atoms with Crippen LogP contribution in [0.4, 0.5) is 0 Å². The van der Waals surface area contributed by atoms with Gasteiger partial charge in [0.25, 0.3) is 5.91 Å². The molecule has 0 aromatic heterocycles. The van der Waals surface area contributed by atoms with Crippen LogP contribution >= 0.6 is 11.6 Å². The summed E-state index contributed by atoms with van der Waals surface area (Å²) >= 11 is 5.90. The summed E-state index contributed by atoms with van der Waals surface area (Å²) in [6.07, 6.45) is 2.36.